The molecular formula is C26H26N2O5S2. The molecule has 3 aromatic rings. The summed E-state index contributed by atoms with van der Waals surface area (Å²) in [6.07, 6.45) is 0. The molecule has 0 spiro atoms. The second-order valence-corrected chi connectivity index (χ2v) is 9.46. The Kier molecular flexibility index (Phi) is 9.33. The van der Waals surface area contributed by atoms with E-state index in [9.17, 15) is 9.59 Å². The number of fused-ring (bicyclic) bond motifs is 3. The molecule has 3 aromatic carbocycles. The molecule has 9 heteroatoms. The lowest BCUT2D eigenvalue weighted by atomic mass is 10.2. The number of benzene rings is 3. The molecule has 1 aliphatic heterocycles. The summed E-state index contributed by atoms with van der Waals surface area (Å²) in [7, 11) is 0. The van der Waals surface area contributed by atoms with Crippen molar-refractivity contribution in [2.75, 3.05) is 48.6 Å². The molecule has 0 fully saturated rings. The highest BCUT2D eigenvalue weighted by Crippen LogP contribution is 2.31. The molecule has 2 N–H and O–H groups in total. The number of carbonyl (C=O) groups is 2. The van der Waals surface area contributed by atoms with E-state index < -0.39 is 0 Å². The molecule has 7 nitrogen and oxygen atoms in total. The van der Waals surface area contributed by atoms with Crippen molar-refractivity contribution in [2.24, 2.45) is 0 Å². The highest BCUT2D eigenvalue weighted by Gasteiger charge is 2.13. The van der Waals surface area contributed by atoms with Crippen molar-refractivity contribution in [1.82, 2.24) is 0 Å². The van der Waals surface area contributed by atoms with E-state index in [0.29, 0.717) is 49.3 Å². The molecule has 0 radical (unpaired) electrons. The largest absolute Gasteiger partial charge is 0.490 e. The smallest absolute Gasteiger partial charge is 0.234 e. The van der Waals surface area contributed by atoms with Crippen LogP contribution in [0.4, 0.5) is 11.4 Å². The summed E-state index contributed by atoms with van der Waals surface area (Å²) in [5.41, 5.74) is 1.10. The maximum absolute atomic E-state index is 12.7. The van der Waals surface area contributed by atoms with E-state index in [1.807, 2.05) is 60.7 Å². The van der Waals surface area contributed by atoms with Crippen LogP contribution in [-0.4, -0.2) is 49.7 Å². The molecule has 1 aliphatic rings. The van der Waals surface area contributed by atoms with Crippen LogP contribution >= 0.6 is 23.5 Å². The second kappa shape index (κ2) is 13.1. The predicted molar refractivity (Wildman–Crippen MR) is 140 cm³/mol. The van der Waals surface area contributed by atoms with Gasteiger partial charge >= 0.3 is 0 Å². The molecule has 35 heavy (non-hydrogen) atoms. The minimum absolute atomic E-state index is 0.179. The minimum Gasteiger partial charge on any atom is -0.490 e. The van der Waals surface area contributed by atoms with Crippen LogP contribution in [0.5, 0.6) is 11.5 Å². The number of anilines is 2. The molecule has 0 saturated heterocycles. The number of hydrogen-bond donors (Lipinski definition) is 2. The lowest BCUT2D eigenvalue weighted by molar-refractivity contribution is -0.114. The topological polar surface area (TPSA) is 85.9 Å². The van der Waals surface area contributed by atoms with Crippen molar-refractivity contribution in [2.45, 2.75) is 9.79 Å². The number of ether oxygens (including phenoxy) is 3. The van der Waals surface area contributed by atoms with Crippen LogP contribution in [0.1, 0.15) is 0 Å². The van der Waals surface area contributed by atoms with Crippen molar-refractivity contribution < 1.29 is 23.8 Å². The van der Waals surface area contributed by atoms with E-state index in [-0.39, 0.29) is 23.3 Å². The molecule has 0 unspecified atom stereocenters. The Morgan fingerprint density at radius 1 is 0.571 bits per heavy atom. The van der Waals surface area contributed by atoms with E-state index in [1.54, 1.807) is 12.1 Å². The van der Waals surface area contributed by atoms with E-state index in [2.05, 4.69) is 10.6 Å². The van der Waals surface area contributed by atoms with Gasteiger partial charge in [0.25, 0.3) is 0 Å². The first-order valence-electron chi connectivity index (χ1n) is 11.1. The maximum Gasteiger partial charge on any atom is 0.234 e. The van der Waals surface area contributed by atoms with Crippen LogP contribution in [0.2, 0.25) is 0 Å². The third-order valence-corrected chi connectivity index (χ3v) is 6.97. The van der Waals surface area contributed by atoms with Crippen LogP contribution in [0.3, 0.4) is 0 Å². The number of carbonyl (C=O) groups excluding carboxylic acids is 2. The molecule has 4 rings (SSSR count). The first-order chi connectivity index (χ1) is 17.2. The van der Waals surface area contributed by atoms with Gasteiger partial charge in [0.15, 0.2) is 0 Å². The fraction of sp³-hybridized carbons (Fsp3) is 0.231. The van der Waals surface area contributed by atoms with Crippen molar-refractivity contribution in [3.05, 3.63) is 72.8 Å². The number of thioether (sulfide) groups is 2. The molecular weight excluding hydrogens is 484 g/mol. The lowest BCUT2D eigenvalue weighted by Crippen LogP contribution is -2.19. The fourth-order valence-corrected chi connectivity index (χ4v) is 4.87. The van der Waals surface area contributed by atoms with Gasteiger partial charge in [-0.25, -0.2) is 0 Å². The van der Waals surface area contributed by atoms with Crippen molar-refractivity contribution in [1.29, 1.82) is 0 Å². The zero-order valence-corrected chi connectivity index (χ0v) is 20.7. The van der Waals surface area contributed by atoms with Crippen molar-refractivity contribution in [3.8, 4) is 11.5 Å². The number of hydrogen-bond acceptors (Lipinski definition) is 7. The number of amides is 2. The number of para-hydroxylation sites is 4. The fourth-order valence-electron chi connectivity index (χ4n) is 3.26. The van der Waals surface area contributed by atoms with Crippen LogP contribution < -0.4 is 20.1 Å². The molecule has 0 atom stereocenters. The van der Waals surface area contributed by atoms with Gasteiger partial charge in [-0.2, -0.15) is 0 Å². The zero-order chi connectivity index (χ0) is 24.3. The molecule has 0 saturated carbocycles. The summed E-state index contributed by atoms with van der Waals surface area (Å²) in [6.45, 7) is 1.60. The zero-order valence-electron chi connectivity index (χ0n) is 19.0. The summed E-state index contributed by atoms with van der Waals surface area (Å²) in [5.74, 6) is 1.44. The van der Waals surface area contributed by atoms with Gasteiger partial charge in [-0.3, -0.25) is 9.59 Å². The van der Waals surface area contributed by atoms with Gasteiger partial charge in [0.05, 0.1) is 36.1 Å². The number of rotatable bonds is 0. The van der Waals surface area contributed by atoms with Crippen molar-refractivity contribution in [3.63, 3.8) is 0 Å². The molecule has 0 aromatic heterocycles. The van der Waals surface area contributed by atoms with Gasteiger partial charge in [-0.05, 0) is 36.4 Å². The lowest BCUT2D eigenvalue weighted by Gasteiger charge is -2.13. The molecule has 182 valence electrons. The number of nitrogens with one attached hydrogen (secondary N) is 2. The van der Waals surface area contributed by atoms with Crippen molar-refractivity contribution >= 4 is 46.7 Å². The van der Waals surface area contributed by atoms with Gasteiger partial charge in [-0.15, -0.1) is 23.5 Å². The van der Waals surface area contributed by atoms with E-state index in [1.165, 1.54) is 23.5 Å². The normalized spacial score (nSPS) is 16.0. The van der Waals surface area contributed by atoms with Crippen LogP contribution in [0.25, 0.3) is 0 Å². The Morgan fingerprint density at radius 3 is 1.49 bits per heavy atom. The standard InChI is InChI=1S/C26H26N2O5S2/c29-25-17-34-23-11-5-3-9-21(23)32-15-13-31-14-16-33-22-10-4-6-12-24(22)35-18-26(30)28-20-8-2-1-7-19(20)27-25/h1-12H,13-18H2,(H,27,29)(H,28,30). The van der Waals surface area contributed by atoms with Gasteiger partial charge in [0.2, 0.25) is 11.8 Å². The summed E-state index contributed by atoms with van der Waals surface area (Å²) in [6, 6.07) is 22.3. The summed E-state index contributed by atoms with van der Waals surface area (Å²) < 4.78 is 17.4. The average molecular weight is 511 g/mol. The van der Waals surface area contributed by atoms with Crippen LogP contribution in [0, 0.1) is 0 Å². The van der Waals surface area contributed by atoms with E-state index in [0.717, 1.165) is 9.79 Å². The third-order valence-electron chi connectivity index (χ3n) is 4.86. The average Bonchev–Trinajstić information content (AvgIpc) is 2.87. The highest BCUT2D eigenvalue weighted by atomic mass is 32.2. The first-order valence-corrected chi connectivity index (χ1v) is 13.1. The van der Waals surface area contributed by atoms with Crippen LogP contribution in [-0.2, 0) is 14.3 Å². The predicted octanol–water partition coefficient (Wildman–Crippen LogP) is 4.94. The van der Waals surface area contributed by atoms with Gasteiger partial charge in [0, 0.05) is 9.79 Å². The third kappa shape index (κ3) is 7.68. The van der Waals surface area contributed by atoms with E-state index >= 15 is 0 Å². The van der Waals surface area contributed by atoms with Gasteiger partial charge in [-0.1, -0.05) is 36.4 Å². The Hall–Kier alpha value is -3.14. The summed E-state index contributed by atoms with van der Waals surface area (Å²) >= 11 is 2.77. The van der Waals surface area contributed by atoms with Gasteiger partial charge in [0.1, 0.15) is 24.7 Å². The van der Waals surface area contributed by atoms with Gasteiger partial charge < -0.3 is 24.8 Å². The highest BCUT2D eigenvalue weighted by molar-refractivity contribution is 8.00. The first kappa shape index (κ1) is 25.0. The second-order valence-electron chi connectivity index (χ2n) is 7.42. The SMILES string of the molecule is O=C1CSc2ccccc2OCCOCCOc2ccccc2SCC(=O)Nc2ccccc2N1. The molecule has 0 bridgehead atoms. The molecule has 2 amide bonds. The Labute approximate surface area is 212 Å². The summed E-state index contributed by atoms with van der Waals surface area (Å²) in [5, 5.41) is 5.79. The molecule has 0 aliphatic carbocycles. The Balaban J connectivity index is 1.50. The Bertz CT molecular complexity index is 1070. The quantitative estimate of drug-likeness (QED) is 0.443. The van der Waals surface area contributed by atoms with E-state index in [4.69, 9.17) is 14.2 Å². The molecule has 1 heterocycles. The monoisotopic (exact) mass is 510 g/mol. The Morgan fingerprint density at radius 2 is 1.00 bits per heavy atom. The van der Waals surface area contributed by atoms with Crippen LogP contribution in [0.15, 0.2) is 82.6 Å². The summed E-state index contributed by atoms with van der Waals surface area (Å²) in [4.78, 5) is 27.1. The minimum atomic E-state index is -0.179. The maximum atomic E-state index is 12.7.